The molecule has 1 saturated heterocycles. The fraction of sp³-hybridized carbons (Fsp3) is 0.692. The number of nitrogens with zero attached hydrogens (tertiary/aromatic N) is 2. The van der Waals surface area contributed by atoms with Gasteiger partial charge < -0.3 is 4.90 Å². The Labute approximate surface area is 107 Å². The SMILES string of the molecule is Cc1nc(CCC(=O)N2CCCC(C)C2)cs1. The van der Waals surface area contributed by atoms with Crippen LogP contribution >= 0.6 is 11.3 Å². The third-order valence-corrected chi connectivity index (χ3v) is 4.09. The molecule has 1 aromatic heterocycles. The van der Waals surface area contributed by atoms with Gasteiger partial charge >= 0.3 is 0 Å². The molecule has 1 fully saturated rings. The molecule has 1 unspecified atom stereocenters. The first-order valence-electron chi connectivity index (χ1n) is 6.34. The van der Waals surface area contributed by atoms with Gasteiger partial charge in [-0.25, -0.2) is 4.98 Å². The minimum absolute atomic E-state index is 0.294. The molecule has 1 aromatic rings. The van der Waals surface area contributed by atoms with Gasteiger partial charge in [-0.3, -0.25) is 4.79 Å². The number of hydrogen-bond donors (Lipinski definition) is 0. The van der Waals surface area contributed by atoms with E-state index in [1.807, 2.05) is 11.8 Å². The lowest BCUT2D eigenvalue weighted by Gasteiger charge is -2.31. The molecule has 4 heteroatoms. The Kier molecular flexibility index (Phi) is 4.15. The second-order valence-corrected chi connectivity index (χ2v) is 6.01. The Morgan fingerprint density at radius 1 is 1.65 bits per heavy atom. The van der Waals surface area contributed by atoms with Crippen LogP contribution < -0.4 is 0 Å². The standard InChI is InChI=1S/C13H20N2OS/c1-10-4-3-7-15(8-10)13(16)6-5-12-9-17-11(2)14-12/h9-10H,3-8H2,1-2H3. The summed E-state index contributed by atoms with van der Waals surface area (Å²) in [5.41, 5.74) is 1.06. The highest BCUT2D eigenvalue weighted by molar-refractivity contribution is 7.09. The van der Waals surface area contributed by atoms with Crippen molar-refractivity contribution in [1.29, 1.82) is 0 Å². The van der Waals surface area contributed by atoms with Crippen molar-refractivity contribution >= 4 is 17.2 Å². The molecule has 0 radical (unpaired) electrons. The largest absolute Gasteiger partial charge is 0.342 e. The summed E-state index contributed by atoms with van der Waals surface area (Å²) in [6.45, 7) is 6.11. The van der Waals surface area contributed by atoms with E-state index in [4.69, 9.17) is 0 Å². The monoisotopic (exact) mass is 252 g/mol. The maximum Gasteiger partial charge on any atom is 0.222 e. The summed E-state index contributed by atoms with van der Waals surface area (Å²) in [5.74, 6) is 0.955. The van der Waals surface area contributed by atoms with Gasteiger partial charge in [-0.2, -0.15) is 0 Å². The lowest BCUT2D eigenvalue weighted by molar-refractivity contribution is -0.132. The molecule has 3 nitrogen and oxygen atoms in total. The zero-order chi connectivity index (χ0) is 12.3. The van der Waals surface area contributed by atoms with Gasteiger partial charge in [0.15, 0.2) is 0 Å². The Morgan fingerprint density at radius 2 is 2.47 bits per heavy atom. The van der Waals surface area contributed by atoms with E-state index in [-0.39, 0.29) is 0 Å². The average Bonchev–Trinajstić information content (AvgIpc) is 2.72. The predicted molar refractivity (Wildman–Crippen MR) is 70.2 cm³/mol. The van der Waals surface area contributed by atoms with Crippen LogP contribution in [-0.2, 0) is 11.2 Å². The highest BCUT2D eigenvalue weighted by atomic mass is 32.1. The predicted octanol–water partition coefficient (Wildman–Crippen LogP) is 2.64. The summed E-state index contributed by atoms with van der Waals surface area (Å²) in [6.07, 6.45) is 3.81. The molecular formula is C13H20N2OS. The highest BCUT2D eigenvalue weighted by Gasteiger charge is 2.20. The number of hydrogen-bond acceptors (Lipinski definition) is 3. The van der Waals surface area contributed by atoms with Crippen LogP contribution in [0.2, 0.25) is 0 Å². The number of amides is 1. The lowest BCUT2D eigenvalue weighted by Crippen LogP contribution is -2.39. The molecular weight excluding hydrogens is 232 g/mol. The molecule has 0 aromatic carbocycles. The van der Waals surface area contributed by atoms with E-state index >= 15 is 0 Å². The van der Waals surface area contributed by atoms with Crippen molar-refractivity contribution in [2.75, 3.05) is 13.1 Å². The van der Waals surface area contributed by atoms with Gasteiger partial charge in [-0.05, 0) is 32.1 Å². The molecule has 0 aliphatic carbocycles. The van der Waals surface area contributed by atoms with E-state index in [9.17, 15) is 4.79 Å². The molecule has 17 heavy (non-hydrogen) atoms. The Morgan fingerprint density at radius 3 is 3.12 bits per heavy atom. The van der Waals surface area contributed by atoms with E-state index in [2.05, 4.69) is 17.3 Å². The summed E-state index contributed by atoms with van der Waals surface area (Å²) in [4.78, 5) is 18.4. The van der Waals surface area contributed by atoms with Gasteiger partial charge in [0.25, 0.3) is 0 Å². The molecule has 2 heterocycles. The Balaban J connectivity index is 1.80. The van der Waals surface area contributed by atoms with Crippen molar-refractivity contribution in [3.63, 3.8) is 0 Å². The van der Waals surface area contributed by atoms with Crippen LogP contribution in [0.4, 0.5) is 0 Å². The van der Waals surface area contributed by atoms with Gasteiger partial charge in [0.05, 0.1) is 10.7 Å². The smallest absolute Gasteiger partial charge is 0.222 e. The zero-order valence-corrected chi connectivity index (χ0v) is 11.4. The molecule has 2 rings (SSSR count). The molecule has 0 N–H and O–H groups in total. The second-order valence-electron chi connectivity index (χ2n) is 4.95. The number of carbonyl (C=O) groups is 1. The Bertz CT molecular complexity index is 389. The second kappa shape index (κ2) is 5.63. The molecule has 1 atom stereocenters. The van der Waals surface area contributed by atoms with E-state index in [1.54, 1.807) is 11.3 Å². The van der Waals surface area contributed by atoms with Crippen LogP contribution in [0, 0.1) is 12.8 Å². The number of thiazole rings is 1. The van der Waals surface area contributed by atoms with E-state index in [1.165, 1.54) is 6.42 Å². The first-order valence-corrected chi connectivity index (χ1v) is 7.22. The maximum atomic E-state index is 12.0. The van der Waals surface area contributed by atoms with Crippen LogP contribution in [-0.4, -0.2) is 28.9 Å². The Hall–Kier alpha value is -0.900. The minimum atomic E-state index is 0.294. The van der Waals surface area contributed by atoms with Crippen molar-refractivity contribution in [3.05, 3.63) is 16.1 Å². The summed E-state index contributed by atoms with van der Waals surface area (Å²) in [6, 6.07) is 0. The molecule has 1 aliphatic heterocycles. The van der Waals surface area contributed by atoms with Crippen molar-refractivity contribution in [2.24, 2.45) is 5.92 Å². The van der Waals surface area contributed by atoms with Crippen molar-refractivity contribution in [1.82, 2.24) is 9.88 Å². The molecule has 1 aliphatic rings. The van der Waals surface area contributed by atoms with Crippen molar-refractivity contribution in [2.45, 2.75) is 39.5 Å². The normalized spacial score (nSPS) is 20.6. The number of aromatic nitrogens is 1. The fourth-order valence-corrected chi connectivity index (χ4v) is 2.98. The molecule has 1 amide bonds. The van der Waals surface area contributed by atoms with E-state index < -0.39 is 0 Å². The van der Waals surface area contributed by atoms with Gasteiger partial charge in [-0.1, -0.05) is 6.92 Å². The number of rotatable bonds is 3. The maximum absolute atomic E-state index is 12.0. The van der Waals surface area contributed by atoms with Gasteiger partial charge in [0, 0.05) is 24.9 Å². The number of carbonyl (C=O) groups excluding carboxylic acids is 1. The third kappa shape index (κ3) is 3.53. The topological polar surface area (TPSA) is 33.2 Å². The van der Waals surface area contributed by atoms with Gasteiger partial charge in [0.1, 0.15) is 0 Å². The van der Waals surface area contributed by atoms with Crippen LogP contribution in [0.15, 0.2) is 5.38 Å². The van der Waals surface area contributed by atoms with Crippen LogP contribution in [0.5, 0.6) is 0 Å². The van der Waals surface area contributed by atoms with Crippen LogP contribution in [0.25, 0.3) is 0 Å². The first-order chi connectivity index (χ1) is 8.15. The molecule has 94 valence electrons. The quantitative estimate of drug-likeness (QED) is 0.828. The molecule has 0 saturated carbocycles. The van der Waals surface area contributed by atoms with Crippen molar-refractivity contribution < 1.29 is 4.79 Å². The summed E-state index contributed by atoms with van der Waals surface area (Å²) < 4.78 is 0. The van der Waals surface area contributed by atoms with Crippen LogP contribution in [0.1, 0.15) is 36.9 Å². The van der Waals surface area contributed by atoms with E-state index in [0.29, 0.717) is 18.2 Å². The fourth-order valence-electron chi connectivity index (χ4n) is 2.33. The lowest BCUT2D eigenvalue weighted by atomic mass is 10.00. The number of aryl methyl sites for hydroxylation is 2. The summed E-state index contributed by atoms with van der Waals surface area (Å²) in [5, 5.41) is 3.14. The van der Waals surface area contributed by atoms with Gasteiger partial charge in [0.2, 0.25) is 5.91 Å². The van der Waals surface area contributed by atoms with Gasteiger partial charge in [-0.15, -0.1) is 11.3 Å². The van der Waals surface area contributed by atoms with Crippen LogP contribution in [0.3, 0.4) is 0 Å². The molecule has 0 spiro atoms. The summed E-state index contributed by atoms with van der Waals surface area (Å²) >= 11 is 1.66. The van der Waals surface area contributed by atoms with E-state index in [0.717, 1.165) is 36.6 Å². The summed E-state index contributed by atoms with van der Waals surface area (Å²) in [7, 11) is 0. The first kappa shape index (κ1) is 12.6. The zero-order valence-electron chi connectivity index (χ0n) is 10.6. The highest BCUT2D eigenvalue weighted by Crippen LogP contribution is 2.17. The number of piperidine rings is 1. The average molecular weight is 252 g/mol. The van der Waals surface area contributed by atoms with Crippen molar-refractivity contribution in [3.8, 4) is 0 Å². The third-order valence-electron chi connectivity index (χ3n) is 3.27. The number of likely N-dealkylation sites (tertiary alicyclic amines) is 1. The molecule has 0 bridgehead atoms. The minimum Gasteiger partial charge on any atom is -0.342 e.